The van der Waals surface area contributed by atoms with E-state index in [4.69, 9.17) is 4.74 Å². The second-order valence-electron chi connectivity index (χ2n) is 5.76. The van der Waals surface area contributed by atoms with Gasteiger partial charge in [-0.25, -0.2) is 9.79 Å². The van der Waals surface area contributed by atoms with Gasteiger partial charge >= 0.3 is 5.97 Å². The molecule has 0 spiro atoms. The van der Waals surface area contributed by atoms with Gasteiger partial charge < -0.3 is 9.64 Å². The molecular weight excluding hydrogens is 264 g/mol. The summed E-state index contributed by atoms with van der Waals surface area (Å²) in [5.41, 5.74) is 3.36. The molecule has 1 rings (SSSR count). The molecule has 4 nitrogen and oxygen atoms in total. The number of nitrogens with zero attached hydrogens (tertiary/aromatic N) is 2. The van der Waals surface area contributed by atoms with E-state index in [2.05, 4.69) is 11.9 Å². The highest BCUT2D eigenvalue weighted by Crippen LogP contribution is 2.23. The maximum Gasteiger partial charge on any atom is 0.338 e. The van der Waals surface area contributed by atoms with Crippen molar-refractivity contribution in [3.05, 3.63) is 28.8 Å². The molecule has 1 aromatic rings. The van der Waals surface area contributed by atoms with Crippen LogP contribution in [0.1, 0.15) is 42.3 Å². The summed E-state index contributed by atoms with van der Waals surface area (Å²) in [6.07, 6.45) is 1.80. The van der Waals surface area contributed by atoms with Crippen molar-refractivity contribution in [1.82, 2.24) is 4.90 Å². The number of aryl methyl sites for hydroxylation is 2. The molecule has 21 heavy (non-hydrogen) atoms. The molecule has 116 valence electrons. The van der Waals surface area contributed by atoms with Gasteiger partial charge in [0.05, 0.1) is 24.2 Å². The Balaban J connectivity index is 2.94. The monoisotopic (exact) mass is 290 g/mol. The average molecular weight is 290 g/mol. The Morgan fingerprint density at radius 3 is 2.57 bits per heavy atom. The molecule has 4 heteroatoms. The molecule has 0 radical (unpaired) electrons. The van der Waals surface area contributed by atoms with Gasteiger partial charge in [0.2, 0.25) is 0 Å². The third-order valence-corrected chi connectivity index (χ3v) is 3.20. The molecule has 0 amide bonds. The van der Waals surface area contributed by atoms with Crippen LogP contribution in [0.25, 0.3) is 0 Å². The summed E-state index contributed by atoms with van der Waals surface area (Å²) in [5, 5.41) is 0. The zero-order valence-corrected chi connectivity index (χ0v) is 13.9. The molecule has 0 aliphatic carbocycles. The van der Waals surface area contributed by atoms with Gasteiger partial charge in [-0.15, -0.1) is 0 Å². The zero-order valence-electron chi connectivity index (χ0n) is 13.9. The maximum absolute atomic E-state index is 12.1. The summed E-state index contributed by atoms with van der Waals surface area (Å²) < 4.78 is 5.30. The molecule has 0 unspecified atom stereocenters. The Labute approximate surface area is 127 Å². The molecule has 0 saturated heterocycles. The van der Waals surface area contributed by atoms with Crippen molar-refractivity contribution < 1.29 is 9.53 Å². The van der Waals surface area contributed by atoms with Crippen LogP contribution in [0, 0.1) is 19.8 Å². The summed E-state index contributed by atoms with van der Waals surface area (Å²) in [5.74, 6) is 0.0781. The number of carbonyl (C=O) groups excluding carboxylic acids is 1. The van der Waals surface area contributed by atoms with Crippen molar-refractivity contribution >= 4 is 18.0 Å². The maximum atomic E-state index is 12.1. The van der Waals surface area contributed by atoms with Crippen LogP contribution in [0.5, 0.6) is 0 Å². The van der Waals surface area contributed by atoms with Crippen molar-refractivity contribution in [2.75, 3.05) is 20.2 Å². The molecule has 0 saturated carbocycles. The fraction of sp³-hybridized carbons (Fsp3) is 0.529. The molecular formula is C17H26N2O2. The van der Waals surface area contributed by atoms with Gasteiger partial charge in [-0.1, -0.05) is 13.8 Å². The van der Waals surface area contributed by atoms with Gasteiger partial charge in [0.25, 0.3) is 0 Å². The number of rotatable bonds is 6. The number of hydrogen-bond acceptors (Lipinski definition) is 3. The van der Waals surface area contributed by atoms with Crippen LogP contribution in [0.2, 0.25) is 0 Å². The normalized spacial score (nSPS) is 11.2. The molecule has 0 bridgehead atoms. The van der Waals surface area contributed by atoms with E-state index in [1.54, 1.807) is 6.34 Å². The summed E-state index contributed by atoms with van der Waals surface area (Å²) in [6, 6.07) is 3.79. The van der Waals surface area contributed by atoms with E-state index < -0.39 is 0 Å². The number of ether oxygens (including phenoxy) is 1. The highest BCUT2D eigenvalue weighted by atomic mass is 16.5. The van der Waals surface area contributed by atoms with E-state index in [1.165, 1.54) is 0 Å². The first-order chi connectivity index (χ1) is 9.85. The molecule has 0 aromatic heterocycles. The lowest BCUT2D eigenvalue weighted by Crippen LogP contribution is -2.14. The number of benzene rings is 1. The van der Waals surface area contributed by atoms with Gasteiger partial charge in [-0.3, -0.25) is 0 Å². The molecule has 0 aliphatic heterocycles. The predicted octanol–water partition coefficient (Wildman–Crippen LogP) is 3.73. The number of hydrogen-bond donors (Lipinski definition) is 0. The van der Waals surface area contributed by atoms with Gasteiger partial charge in [0, 0.05) is 13.6 Å². The van der Waals surface area contributed by atoms with Crippen LogP contribution in [0.3, 0.4) is 0 Å². The molecule has 0 N–H and O–H groups in total. The summed E-state index contributed by atoms with van der Waals surface area (Å²) in [6.45, 7) is 11.3. The van der Waals surface area contributed by atoms with Gasteiger partial charge in [-0.2, -0.15) is 0 Å². The summed E-state index contributed by atoms with van der Waals surface area (Å²) in [4.78, 5) is 18.5. The van der Waals surface area contributed by atoms with E-state index in [9.17, 15) is 4.79 Å². The molecule has 0 aliphatic rings. The van der Waals surface area contributed by atoms with E-state index in [0.717, 1.165) is 23.4 Å². The average Bonchev–Trinajstić information content (AvgIpc) is 2.44. The Morgan fingerprint density at radius 2 is 2.00 bits per heavy atom. The first-order valence-electron chi connectivity index (χ1n) is 7.38. The van der Waals surface area contributed by atoms with Crippen molar-refractivity contribution in [3.63, 3.8) is 0 Å². The molecule has 0 heterocycles. The first-order valence-corrected chi connectivity index (χ1v) is 7.38. The number of esters is 1. The quantitative estimate of drug-likeness (QED) is 0.455. The first kappa shape index (κ1) is 17.2. The minimum Gasteiger partial charge on any atom is -0.462 e. The topological polar surface area (TPSA) is 41.9 Å². The van der Waals surface area contributed by atoms with E-state index in [1.807, 2.05) is 51.8 Å². The van der Waals surface area contributed by atoms with Crippen molar-refractivity contribution in [3.8, 4) is 0 Å². The van der Waals surface area contributed by atoms with Crippen LogP contribution in [-0.4, -0.2) is 37.4 Å². The Kier molecular flexibility index (Phi) is 6.40. The fourth-order valence-electron chi connectivity index (χ4n) is 1.72. The second-order valence-corrected chi connectivity index (χ2v) is 5.76. The predicted molar refractivity (Wildman–Crippen MR) is 87.5 cm³/mol. The lowest BCUT2D eigenvalue weighted by Gasteiger charge is -2.12. The number of carbonyl (C=O) groups is 1. The van der Waals surface area contributed by atoms with Gasteiger partial charge in [-0.05, 0) is 49.9 Å². The third-order valence-electron chi connectivity index (χ3n) is 3.20. The van der Waals surface area contributed by atoms with Gasteiger partial charge in [0.15, 0.2) is 0 Å². The zero-order chi connectivity index (χ0) is 16.0. The smallest absolute Gasteiger partial charge is 0.338 e. The molecule has 0 fully saturated rings. The fourth-order valence-corrected chi connectivity index (χ4v) is 1.72. The second kappa shape index (κ2) is 7.81. The largest absolute Gasteiger partial charge is 0.462 e. The van der Waals surface area contributed by atoms with E-state index >= 15 is 0 Å². The Bertz CT molecular complexity index is 522. The standard InChI is InChI=1S/C17H26N2O2/c1-7-19(6)11-18-16-9-13(4)15(8-14(16)5)17(20)21-10-12(2)3/h8-9,11-12H,7,10H2,1-6H3. The Morgan fingerprint density at radius 1 is 1.33 bits per heavy atom. The highest BCUT2D eigenvalue weighted by molar-refractivity contribution is 5.92. The lowest BCUT2D eigenvalue weighted by molar-refractivity contribution is 0.0458. The molecule has 1 aromatic carbocycles. The Hall–Kier alpha value is -1.84. The van der Waals surface area contributed by atoms with Crippen molar-refractivity contribution in [2.24, 2.45) is 10.9 Å². The molecule has 0 atom stereocenters. The van der Waals surface area contributed by atoms with Gasteiger partial charge in [0.1, 0.15) is 0 Å². The highest BCUT2D eigenvalue weighted by Gasteiger charge is 2.13. The van der Waals surface area contributed by atoms with Crippen LogP contribution in [0.4, 0.5) is 5.69 Å². The van der Waals surface area contributed by atoms with Crippen LogP contribution in [0.15, 0.2) is 17.1 Å². The lowest BCUT2D eigenvalue weighted by atomic mass is 10.0. The van der Waals surface area contributed by atoms with Crippen molar-refractivity contribution in [2.45, 2.75) is 34.6 Å². The number of aliphatic imine (C=N–C) groups is 1. The van der Waals surface area contributed by atoms with E-state index in [-0.39, 0.29) is 5.97 Å². The minimum atomic E-state index is -0.259. The summed E-state index contributed by atoms with van der Waals surface area (Å²) in [7, 11) is 1.98. The SMILES string of the molecule is CCN(C)C=Nc1cc(C)c(C(=O)OCC(C)C)cc1C. The van der Waals surface area contributed by atoms with Crippen LogP contribution >= 0.6 is 0 Å². The van der Waals surface area contributed by atoms with E-state index in [0.29, 0.717) is 18.1 Å². The van der Waals surface area contributed by atoms with Crippen LogP contribution in [-0.2, 0) is 4.74 Å². The van der Waals surface area contributed by atoms with Crippen molar-refractivity contribution in [1.29, 1.82) is 0 Å². The minimum absolute atomic E-state index is 0.259. The van der Waals surface area contributed by atoms with Crippen LogP contribution < -0.4 is 0 Å². The third kappa shape index (κ3) is 5.21. The summed E-state index contributed by atoms with van der Waals surface area (Å²) >= 11 is 0.